The molecule has 2 aliphatic carbocycles. The molecule has 1 N–H and O–H groups in total. The Bertz CT molecular complexity index is 530. The van der Waals surface area contributed by atoms with Gasteiger partial charge in [0, 0.05) is 21.8 Å². The lowest BCUT2D eigenvalue weighted by atomic mass is 9.64. The minimum Gasteiger partial charge on any atom is -0.355 e. The summed E-state index contributed by atoms with van der Waals surface area (Å²) in [6.07, 6.45) is 8.10. The minimum atomic E-state index is -0.123. The number of nitrogens with one attached hydrogen (secondary N) is 1. The van der Waals surface area contributed by atoms with E-state index in [1.54, 1.807) is 0 Å². The molecule has 0 heterocycles. The second-order valence-electron chi connectivity index (χ2n) is 7.09. The molecule has 2 nitrogen and oxygen atoms in total. The lowest BCUT2D eigenvalue weighted by Gasteiger charge is -2.43. The molecule has 0 bridgehead atoms. The lowest BCUT2D eigenvalue weighted by molar-refractivity contribution is -0.130. The molecule has 0 aromatic heterocycles. The Morgan fingerprint density at radius 1 is 1.19 bits per heavy atom. The Kier molecular flexibility index (Phi) is 4.13. The minimum absolute atomic E-state index is 0.123. The largest absolute Gasteiger partial charge is 0.355 e. The Labute approximate surface area is 135 Å². The van der Waals surface area contributed by atoms with Crippen molar-refractivity contribution in [3.63, 3.8) is 0 Å². The van der Waals surface area contributed by atoms with Gasteiger partial charge in [-0.3, -0.25) is 4.79 Å². The van der Waals surface area contributed by atoms with Gasteiger partial charge in [0.05, 0.1) is 0 Å². The van der Waals surface area contributed by atoms with Crippen molar-refractivity contribution >= 4 is 21.8 Å². The van der Waals surface area contributed by atoms with Crippen LogP contribution in [0.1, 0.15) is 57.4 Å². The number of carbonyl (C=O) groups is 1. The third-order valence-corrected chi connectivity index (χ3v) is 6.08. The van der Waals surface area contributed by atoms with Crippen LogP contribution in [0.25, 0.3) is 0 Å². The Hall–Kier alpha value is -0.830. The molecule has 2 fully saturated rings. The molecule has 0 saturated heterocycles. The summed E-state index contributed by atoms with van der Waals surface area (Å²) in [7, 11) is 0. The lowest BCUT2D eigenvalue weighted by Crippen LogP contribution is -2.48. The van der Waals surface area contributed by atoms with Crippen molar-refractivity contribution in [2.24, 2.45) is 5.41 Å². The molecule has 0 spiro atoms. The van der Waals surface area contributed by atoms with Gasteiger partial charge in [-0.25, -0.2) is 0 Å². The van der Waals surface area contributed by atoms with Crippen molar-refractivity contribution in [1.29, 1.82) is 0 Å². The molecule has 1 aromatic carbocycles. The molecule has 21 heavy (non-hydrogen) atoms. The number of hydrogen-bond donors (Lipinski definition) is 1. The first-order valence-corrected chi connectivity index (χ1v) is 8.88. The second kappa shape index (κ2) is 5.75. The molecule has 0 unspecified atom stereocenters. The second-order valence-corrected chi connectivity index (χ2v) is 8.01. The summed E-state index contributed by atoms with van der Waals surface area (Å²) in [6, 6.07) is 8.57. The number of benzene rings is 1. The highest BCUT2D eigenvalue weighted by atomic mass is 79.9. The van der Waals surface area contributed by atoms with E-state index in [2.05, 4.69) is 52.4 Å². The maximum atomic E-state index is 12.5. The van der Waals surface area contributed by atoms with Crippen LogP contribution in [0, 0.1) is 5.41 Å². The number of hydrogen-bond acceptors (Lipinski definition) is 1. The van der Waals surface area contributed by atoms with Gasteiger partial charge >= 0.3 is 0 Å². The molecule has 2 saturated carbocycles. The van der Waals surface area contributed by atoms with E-state index in [9.17, 15) is 4.79 Å². The Morgan fingerprint density at radius 3 is 2.48 bits per heavy atom. The molecule has 0 atom stereocenters. The van der Waals surface area contributed by atoms with Crippen molar-refractivity contribution in [2.45, 2.75) is 57.3 Å². The maximum absolute atomic E-state index is 12.5. The highest BCUT2D eigenvalue weighted by Crippen LogP contribution is 2.44. The fraction of sp³-hybridized carbons (Fsp3) is 0.611. The van der Waals surface area contributed by atoms with Crippen LogP contribution < -0.4 is 5.32 Å². The molecule has 1 aromatic rings. The van der Waals surface area contributed by atoms with Crippen molar-refractivity contribution < 1.29 is 4.79 Å². The Balaban J connectivity index is 1.69. The summed E-state index contributed by atoms with van der Waals surface area (Å²) in [5.74, 6) is 0.265. The van der Waals surface area contributed by atoms with E-state index >= 15 is 0 Å². The first-order valence-electron chi connectivity index (χ1n) is 8.09. The van der Waals surface area contributed by atoms with Crippen LogP contribution in [-0.2, 0) is 10.2 Å². The average Bonchev–Trinajstić information content (AvgIpc) is 2.86. The van der Waals surface area contributed by atoms with Gasteiger partial charge < -0.3 is 5.32 Å². The predicted molar refractivity (Wildman–Crippen MR) is 89.3 cm³/mol. The van der Waals surface area contributed by atoms with Crippen LogP contribution in [-0.4, -0.2) is 12.5 Å². The molecule has 0 aliphatic heterocycles. The molecular weight excluding hydrogens is 326 g/mol. The van der Waals surface area contributed by atoms with Crippen molar-refractivity contribution in [2.75, 3.05) is 6.54 Å². The molecule has 0 radical (unpaired) electrons. The fourth-order valence-electron chi connectivity index (χ4n) is 3.83. The van der Waals surface area contributed by atoms with Crippen LogP contribution >= 0.6 is 15.9 Å². The molecule has 3 heteroatoms. The standard InChI is InChI=1S/C18H24BrNO/c1-17(8-2-3-9-17)16(21)20-13-18(10-5-11-18)14-6-4-7-15(19)12-14/h4,6-7,12H,2-3,5,8-11,13H2,1H3,(H,20,21). The molecule has 1 amide bonds. The summed E-state index contributed by atoms with van der Waals surface area (Å²) in [5, 5.41) is 3.27. The summed E-state index contributed by atoms with van der Waals surface area (Å²) < 4.78 is 1.13. The van der Waals surface area contributed by atoms with Crippen molar-refractivity contribution in [3.8, 4) is 0 Å². The van der Waals surface area contributed by atoms with Crippen LogP contribution in [0.15, 0.2) is 28.7 Å². The van der Waals surface area contributed by atoms with E-state index in [1.807, 2.05) is 0 Å². The highest BCUT2D eigenvalue weighted by molar-refractivity contribution is 9.10. The van der Waals surface area contributed by atoms with Crippen molar-refractivity contribution in [1.82, 2.24) is 5.32 Å². The third kappa shape index (κ3) is 2.90. The van der Waals surface area contributed by atoms with Gasteiger partial charge in [0.2, 0.25) is 5.91 Å². The van der Waals surface area contributed by atoms with E-state index in [4.69, 9.17) is 0 Å². The number of rotatable bonds is 4. The molecular formula is C18H24BrNO. The smallest absolute Gasteiger partial charge is 0.225 e. The van der Waals surface area contributed by atoms with Gasteiger partial charge in [-0.05, 0) is 43.4 Å². The van der Waals surface area contributed by atoms with Crippen LogP contribution in [0.4, 0.5) is 0 Å². The van der Waals surface area contributed by atoms with Gasteiger partial charge in [-0.15, -0.1) is 0 Å². The van der Waals surface area contributed by atoms with Gasteiger partial charge in [0.25, 0.3) is 0 Å². The van der Waals surface area contributed by atoms with Crippen LogP contribution in [0.2, 0.25) is 0 Å². The van der Waals surface area contributed by atoms with E-state index in [-0.39, 0.29) is 16.7 Å². The predicted octanol–water partition coefficient (Wildman–Crippen LogP) is 4.57. The SMILES string of the molecule is CC1(C(=O)NCC2(c3cccc(Br)c3)CCC2)CCCC1. The zero-order valence-electron chi connectivity index (χ0n) is 12.8. The molecule has 114 valence electrons. The molecule has 2 aliphatic rings. The number of carbonyl (C=O) groups excluding carboxylic acids is 1. The van der Waals surface area contributed by atoms with Crippen LogP contribution in [0.3, 0.4) is 0 Å². The van der Waals surface area contributed by atoms with E-state index in [0.717, 1.165) is 23.9 Å². The first kappa shape index (κ1) is 15.1. The first-order chi connectivity index (χ1) is 10.0. The summed E-state index contributed by atoms with van der Waals surface area (Å²) in [5.41, 5.74) is 1.40. The monoisotopic (exact) mass is 349 g/mol. The van der Waals surface area contributed by atoms with Gasteiger partial charge in [-0.1, -0.05) is 54.2 Å². The van der Waals surface area contributed by atoms with E-state index < -0.39 is 0 Å². The van der Waals surface area contributed by atoms with E-state index in [0.29, 0.717) is 0 Å². The maximum Gasteiger partial charge on any atom is 0.225 e. The van der Waals surface area contributed by atoms with Crippen LogP contribution in [0.5, 0.6) is 0 Å². The third-order valence-electron chi connectivity index (χ3n) is 5.59. The summed E-state index contributed by atoms with van der Waals surface area (Å²) in [4.78, 5) is 12.5. The number of halogens is 1. The summed E-state index contributed by atoms with van der Waals surface area (Å²) >= 11 is 3.56. The fourth-order valence-corrected chi connectivity index (χ4v) is 4.23. The highest BCUT2D eigenvalue weighted by Gasteiger charge is 2.41. The quantitative estimate of drug-likeness (QED) is 0.847. The summed E-state index contributed by atoms with van der Waals surface area (Å²) in [6.45, 7) is 2.92. The zero-order valence-corrected chi connectivity index (χ0v) is 14.3. The zero-order chi connectivity index (χ0) is 14.9. The van der Waals surface area contributed by atoms with Gasteiger partial charge in [0.1, 0.15) is 0 Å². The Morgan fingerprint density at radius 2 is 1.90 bits per heavy atom. The average molecular weight is 350 g/mol. The van der Waals surface area contributed by atoms with Crippen molar-refractivity contribution in [3.05, 3.63) is 34.3 Å². The van der Waals surface area contributed by atoms with Gasteiger partial charge in [0.15, 0.2) is 0 Å². The molecule has 3 rings (SSSR count). The normalized spacial score (nSPS) is 22.6. The number of amides is 1. The topological polar surface area (TPSA) is 29.1 Å². The van der Waals surface area contributed by atoms with E-state index in [1.165, 1.54) is 37.7 Å². The van der Waals surface area contributed by atoms with Gasteiger partial charge in [-0.2, -0.15) is 0 Å².